The number of nitrogens with one attached hydrogen (secondary N) is 1. The average Bonchev–Trinajstić information content (AvgIpc) is 2.86. The molecule has 0 atom stereocenters. The molecule has 4 nitrogen and oxygen atoms in total. The molecule has 1 aromatic heterocycles. The maximum Gasteiger partial charge on any atom is 0.266 e. The molecule has 1 heterocycles. The zero-order valence-electron chi connectivity index (χ0n) is 11.7. The summed E-state index contributed by atoms with van der Waals surface area (Å²) in [5.41, 5.74) is 2.21. The molecule has 5 heteroatoms. The number of carbonyl (C=O) groups is 1. The minimum absolute atomic E-state index is 0.0422. The summed E-state index contributed by atoms with van der Waals surface area (Å²) in [5.74, 6) is -0.452. The van der Waals surface area contributed by atoms with Crippen LogP contribution in [0.2, 0.25) is 5.02 Å². The van der Waals surface area contributed by atoms with Gasteiger partial charge in [0.2, 0.25) is 0 Å². The molecular weight excluding hydrogens is 286 g/mol. The summed E-state index contributed by atoms with van der Waals surface area (Å²) >= 11 is 6.01. The van der Waals surface area contributed by atoms with Crippen molar-refractivity contribution in [2.45, 2.75) is 6.92 Å². The van der Waals surface area contributed by atoms with Gasteiger partial charge in [-0.1, -0.05) is 17.7 Å². The molecule has 0 radical (unpaired) electrons. The number of carbonyl (C=O) groups excluding carboxylic acids is 1. The molecule has 0 aliphatic heterocycles. The van der Waals surface area contributed by atoms with Gasteiger partial charge in [-0.25, -0.2) is 0 Å². The standard InChI is InChI=1S/C16H14ClN3O/c1-11-14(17)4-3-5-15(11)19-16(21)13(9-18)8-12-6-7-20(2)10-12/h3-8,10H,1-2H3,(H,19,21)/b13-8+. The molecule has 0 saturated heterocycles. The molecule has 0 bridgehead atoms. The molecule has 0 unspecified atom stereocenters. The highest BCUT2D eigenvalue weighted by Gasteiger charge is 2.12. The minimum Gasteiger partial charge on any atom is -0.357 e. The number of benzene rings is 1. The van der Waals surface area contributed by atoms with Crippen molar-refractivity contribution in [2.24, 2.45) is 7.05 Å². The number of hydrogen-bond donors (Lipinski definition) is 1. The highest BCUT2D eigenvalue weighted by molar-refractivity contribution is 6.31. The Bertz CT molecular complexity index is 753. The first-order valence-electron chi connectivity index (χ1n) is 6.31. The van der Waals surface area contributed by atoms with Crippen molar-refractivity contribution in [1.29, 1.82) is 5.26 Å². The van der Waals surface area contributed by atoms with Gasteiger partial charge in [0, 0.05) is 30.2 Å². The predicted molar refractivity (Wildman–Crippen MR) is 83.8 cm³/mol. The van der Waals surface area contributed by atoms with Crippen molar-refractivity contribution in [2.75, 3.05) is 5.32 Å². The summed E-state index contributed by atoms with van der Waals surface area (Å²) < 4.78 is 1.85. The molecule has 1 aromatic carbocycles. The summed E-state index contributed by atoms with van der Waals surface area (Å²) in [6, 6.07) is 8.99. The maximum atomic E-state index is 12.2. The second kappa shape index (κ2) is 6.29. The molecule has 1 N–H and O–H groups in total. The van der Waals surface area contributed by atoms with Gasteiger partial charge in [-0.2, -0.15) is 5.26 Å². The molecule has 1 amide bonds. The molecule has 0 aliphatic rings. The van der Waals surface area contributed by atoms with Gasteiger partial charge in [0.15, 0.2) is 0 Å². The fourth-order valence-electron chi connectivity index (χ4n) is 1.86. The minimum atomic E-state index is -0.452. The van der Waals surface area contributed by atoms with Crippen molar-refractivity contribution in [3.05, 3.63) is 58.4 Å². The lowest BCUT2D eigenvalue weighted by Crippen LogP contribution is -2.14. The molecule has 2 rings (SSSR count). The van der Waals surface area contributed by atoms with Gasteiger partial charge in [0.1, 0.15) is 11.6 Å². The quantitative estimate of drug-likeness (QED) is 0.696. The maximum absolute atomic E-state index is 12.2. The molecule has 0 aliphatic carbocycles. The van der Waals surface area contributed by atoms with Crippen molar-refractivity contribution >= 4 is 29.3 Å². The molecule has 2 aromatic rings. The Morgan fingerprint density at radius 1 is 1.43 bits per heavy atom. The summed E-state index contributed by atoms with van der Waals surface area (Å²) in [4.78, 5) is 12.2. The van der Waals surface area contributed by atoms with E-state index in [1.165, 1.54) is 0 Å². The molecule has 21 heavy (non-hydrogen) atoms. The van der Waals surface area contributed by atoms with Gasteiger partial charge in [-0.05, 0) is 42.3 Å². The summed E-state index contributed by atoms with van der Waals surface area (Å²) in [6.07, 6.45) is 5.23. The number of amides is 1. The van der Waals surface area contributed by atoms with Crippen LogP contribution in [0.25, 0.3) is 6.08 Å². The van der Waals surface area contributed by atoms with Crippen LogP contribution in [0.1, 0.15) is 11.1 Å². The zero-order chi connectivity index (χ0) is 15.4. The van der Waals surface area contributed by atoms with Gasteiger partial charge in [0.25, 0.3) is 5.91 Å². The Balaban J connectivity index is 2.24. The van der Waals surface area contributed by atoms with Crippen LogP contribution in [0.3, 0.4) is 0 Å². The first-order valence-corrected chi connectivity index (χ1v) is 6.69. The van der Waals surface area contributed by atoms with Gasteiger partial charge in [-0.15, -0.1) is 0 Å². The van der Waals surface area contributed by atoms with E-state index in [1.807, 2.05) is 43.1 Å². The largest absolute Gasteiger partial charge is 0.357 e. The number of anilines is 1. The van der Waals surface area contributed by atoms with E-state index in [9.17, 15) is 4.79 Å². The van der Waals surface area contributed by atoms with E-state index in [2.05, 4.69) is 5.32 Å². The highest BCUT2D eigenvalue weighted by atomic mass is 35.5. The van der Waals surface area contributed by atoms with Crippen LogP contribution < -0.4 is 5.32 Å². The molecule has 0 saturated carbocycles. The number of rotatable bonds is 3. The van der Waals surface area contributed by atoms with E-state index < -0.39 is 5.91 Å². The first kappa shape index (κ1) is 14.9. The van der Waals surface area contributed by atoms with Crippen LogP contribution in [-0.4, -0.2) is 10.5 Å². The van der Waals surface area contributed by atoms with E-state index in [0.29, 0.717) is 10.7 Å². The lowest BCUT2D eigenvalue weighted by molar-refractivity contribution is -0.112. The van der Waals surface area contributed by atoms with Crippen LogP contribution in [0.15, 0.2) is 42.2 Å². The average molecular weight is 300 g/mol. The topological polar surface area (TPSA) is 57.8 Å². The number of aromatic nitrogens is 1. The summed E-state index contributed by atoms with van der Waals surface area (Å²) in [7, 11) is 1.87. The highest BCUT2D eigenvalue weighted by Crippen LogP contribution is 2.23. The van der Waals surface area contributed by atoms with Crippen molar-refractivity contribution in [3.63, 3.8) is 0 Å². The second-order valence-electron chi connectivity index (χ2n) is 4.65. The van der Waals surface area contributed by atoms with Crippen LogP contribution in [0, 0.1) is 18.3 Å². The van der Waals surface area contributed by atoms with Crippen molar-refractivity contribution in [3.8, 4) is 6.07 Å². The Morgan fingerprint density at radius 2 is 2.19 bits per heavy atom. The van der Waals surface area contributed by atoms with E-state index in [-0.39, 0.29) is 5.57 Å². The number of nitrogens with zero attached hydrogens (tertiary/aromatic N) is 2. The lowest BCUT2D eigenvalue weighted by Gasteiger charge is -2.08. The number of halogens is 1. The van der Waals surface area contributed by atoms with Crippen LogP contribution >= 0.6 is 11.6 Å². The SMILES string of the molecule is Cc1c(Cl)cccc1NC(=O)/C(C#N)=C/c1ccn(C)c1. The smallest absolute Gasteiger partial charge is 0.266 e. The summed E-state index contributed by atoms with van der Waals surface area (Å²) in [5, 5.41) is 12.4. The number of aryl methyl sites for hydroxylation is 1. The third kappa shape index (κ3) is 3.53. The lowest BCUT2D eigenvalue weighted by atomic mass is 10.1. The monoisotopic (exact) mass is 299 g/mol. The van der Waals surface area contributed by atoms with E-state index in [1.54, 1.807) is 24.3 Å². The Hall–Kier alpha value is -2.51. The molecule has 0 spiro atoms. The third-order valence-corrected chi connectivity index (χ3v) is 3.46. The van der Waals surface area contributed by atoms with Gasteiger partial charge in [0.05, 0.1) is 0 Å². The van der Waals surface area contributed by atoms with Gasteiger partial charge in [-0.3, -0.25) is 4.79 Å². The van der Waals surface area contributed by atoms with E-state index in [4.69, 9.17) is 16.9 Å². The Labute approximate surface area is 128 Å². The molecule has 106 valence electrons. The van der Waals surface area contributed by atoms with Crippen LogP contribution in [-0.2, 0) is 11.8 Å². The Morgan fingerprint density at radius 3 is 2.81 bits per heavy atom. The fraction of sp³-hybridized carbons (Fsp3) is 0.125. The van der Waals surface area contributed by atoms with Crippen LogP contribution in [0.4, 0.5) is 5.69 Å². The summed E-state index contributed by atoms with van der Waals surface area (Å²) in [6.45, 7) is 1.81. The second-order valence-corrected chi connectivity index (χ2v) is 5.05. The number of hydrogen-bond acceptors (Lipinski definition) is 2. The third-order valence-electron chi connectivity index (χ3n) is 3.05. The molecular formula is C16H14ClN3O. The van der Waals surface area contributed by atoms with Crippen molar-refractivity contribution < 1.29 is 4.79 Å². The van der Waals surface area contributed by atoms with Crippen molar-refractivity contribution in [1.82, 2.24) is 4.57 Å². The predicted octanol–water partition coefficient (Wildman–Crippen LogP) is 3.53. The van der Waals surface area contributed by atoms with Gasteiger partial charge >= 0.3 is 0 Å². The zero-order valence-corrected chi connectivity index (χ0v) is 12.5. The molecule has 0 fully saturated rings. The number of nitriles is 1. The van der Waals surface area contributed by atoms with E-state index in [0.717, 1.165) is 11.1 Å². The Kier molecular flexibility index (Phi) is 4.46. The van der Waals surface area contributed by atoms with Crippen LogP contribution in [0.5, 0.6) is 0 Å². The van der Waals surface area contributed by atoms with E-state index >= 15 is 0 Å². The fourth-order valence-corrected chi connectivity index (χ4v) is 2.03. The first-order chi connectivity index (χ1) is 10.0. The van der Waals surface area contributed by atoms with Gasteiger partial charge < -0.3 is 9.88 Å². The normalized spacial score (nSPS) is 11.0.